The Labute approximate surface area is 176 Å². The van der Waals surface area contributed by atoms with Crippen LogP contribution in [-0.2, 0) is 14.3 Å². The lowest BCUT2D eigenvalue weighted by atomic mass is 9.61. The van der Waals surface area contributed by atoms with Gasteiger partial charge < -0.3 is 15.2 Å². The van der Waals surface area contributed by atoms with Crippen molar-refractivity contribution in [2.24, 2.45) is 16.2 Å². The third kappa shape index (κ3) is 6.66. The van der Waals surface area contributed by atoms with E-state index in [1.807, 2.05) is 33.8 Å². The maximum absolute atomic E-state index is 12.8. The summed E-state index contributed by atoms with van der Waals surface area (Å²) in [5.74, 6) is -0.787. The molecule has 152 valence electrons. The first-order valence-corrected chi connectivity index (χ1v) is 10.1. The summed E-state index contributed by atoms with van der Waals surface area (Å²) in [5, 5.41) is 0. The van der Waals surface area contributed by atoms with Crippen molar-refractivity contribution < 1.29 is 19.1 Å². The van der Waals surface area contributed by atoms with Gasteiger partial charge in [-0.25, -0.2) is 4.79 Å². The fraction of sp³-hybridized carbons (Fsp3) is 0.619. The normalized spacial score (nSPS) is 14.4. The number of anilines is 1. The first-order valence-electron chi connectivity index (χ1n) is 9.07. The molecule has 0 aromatic heterocycles. The molecular weight excluding hydrogens is 457 g/mol. The molecule has 0 spiro atoms. The predicted molar refractivity (Wildman–Crippen MR) is 116 cm³/mol. The molecule has 2 N–H and O–H groups in total. The van der Waals surface area contributed by atoms with Gasteiger partial charge in [-0.2, -0.15) is 0 Å². The van der Waals surface area contributed by atoms with E-state index < -0.39 is 11.4 Å². The zero-order valence-corrected chi connectivity index (χ0v) is 19.6. The van der Waals surface area contributed by atoms with E-state index in [0.29, 0.717) is 17.7 Å². The summed E-state index contributed by atoms with van der Waals surface area (Å²) in [6.45, 7) is 14.4. The summed E-state index contributed by atoms with van der Waals surface area (Å²) in [5.41, 5.74) is 5.58. The van der Waals surface area contributed by atoms with Crippen molar-refractivity contribution in [2.75, 3.05) is 18.9 Å². The van der Waals surface area contributed by atoms with Crippen LogP contribution in [0.15, 0.2) is 18.2 Å². The number of nitrogen functional groups attached to an aromatic ring is 1. The van der Waals surface area contributed by atoms with Crippen LogP contribution in [0, 0.1) is 19.8 Å². The number of halogens is 1. The van der Waals surface area contributed by atoms with Gasteiger partial charge in [-0.15, -0.1) is 0 Å². The van der Waals surface area contributed by atoms with Crippen LogP contribution in [0.5, 0.6) is 0 Å². The first kappa shape index (κ1) is 23.7. The molecule has 1 aromatic carbocycles. The summed E-state index contributed by atoms with van der Waals surface area (Å²) in [7, 11) is 0. The predicted octanol–water partition coefficient (Wildman–Crippen LogP) is 5.06. The smallest absolute Gasteiger partial charge is 0.340 e. The van der Waals surface area contributed by atoms with Crippen LogP contribution in [0.4, 0.5) is 5.69 Å². The second kappa shape index (κ2) is 8.80. The Bertz CT molecular complexity index is 688. The lowest BCUT2D eigenvalue weighted by molar-refractivity contribution is -0.165. The van der Waals surface area contributed by atoms with Crippen molar-refractivity contribution in [3.63, 3.8) is 0 Å². The number of esters is 2. The molecule has 1 atom stereocenters. The SMILES string of the molecule is CC(C)(C)CC(C)(C(=O)OCCOC(=O)c1cc(I)ccc1N)C(C)(C)C. The average molecular weight is 489 g/mol. The number of carbonyl (C=O) groups is 2. The molecule has 0 amide bonds. The quantitative estimate of drug-likeness (QED) is 0.262. The van der Waals surface area contributed by atoms with Crippen LogP contribution < -0.4 is 5.73 Å². The van der Waals surface area contributed by atoms with Gasteiger partial charge in [0.2, 0.25) is 0 Å². The van der Waals surface area contributed by atoms with E-state index >= 15 is 0 Å². The number of nitrogens with two attached hydrogens (primary N) is 1. The first-order chi connectivity index (χ1) is 12.2. The fourth-order valence-electron chi connectivity index (χ4n) is 2.92. The van der Waals surface area contributed by atoms with Crippen molar-refractivity contribution in [3.05, 3.63) is 27.3 Å². The average Bonchev–Trinajstić information content (AvgIpc) is 2.50. The Hall–Kier alpha value is -1.31. The number of carbonyl (C=O) groups excluding carboxylic acids is 2. The second-order valence-corrected chi connectivity index (χ2v) is 10.6. The van der Waals surface area contributed by atoms with Crippen molar-refractivity contribution in [3.8, 4) is 0 Å². The molecule has 0 bridgehead atoms. The van der Waals surface area contributed by atoms with Gasteiger partial charge >= 0.3 is 11.9 Å². The van der Waals surface area contributed by atoms with Gasteiger partial charge in [-0.1, -0.05) is 41.5 Å². The highest BCUT2D eigenvalue weighted by Gasteiger charge is 2.47. The lowest BCUT2D eigenvalue weighted by Gasteiger charge is -2.43. The Morgan fingerprint density at radius 3 is 2.07 bits per heavy atom. The molecule has 0 radical (unpaired) electrons. The fourth-order valence-corrected chi connectivity index (χ4v) is 3.41. The maximum Gasteiger partial charge on any atom is 0.340 e. The summed E-state index contributed by atoms with van der Waals surface area (Å²) in [4.78, 5) is 25.0. The van der Waals surface area contributed by atoms with Crippen LogP contribution in [0.3, 0.4) is 0 Å². The van der Waals surface area contributed by atoms with E-state index in [1.165, 1.54) is 0 Å². The number of hydrogen-bond acceptors (Lipinski definition) is 5. The molecule has 0 saturated heterocycles. The molecule has 0 heterocycles. The lowest BCUT2D eigenvalue weighted by Crippen LogP contribution is -2.44. The molecule has 1 unspecified atom stereocenters. The van der Waals surface area contributed by atoms with Crippen molar-refractivity contribution in [2.45, 2.75) is 54.9 Å². The summed E-state index contributed by atoms with van der Waals surface area (Å²) < 4.78 is 11.6. The molecule has 0 saturated carbocycles. The molecule has 6 heteroatoms. The van der Waals surface area contributed by atoms with Gasteiger partial charge in [-0.05, 0) is 65.0 Å². The summed E-state index contributed by atoms with van der Waals surface area (Å²) in [6.07, 6.45) is 0.696. The molecule has 1 rings (SSSR count). The molecular formula is C21H32INO4. The highest BCUT2D eigenvalue weighted by atomic mass is 127. The largest absolute Gasteiger partial charge is 0.462 e. The second-order valence-electron chi connectivity index (χ2n) is 9.32. The van der Waals surface area contributed by atoms with E-state index in [4.69, 9.17) is 15.2 Å². The van der Waals surface area contributed by atoms with Gasteiger partial charge in [0.1, 0.15) is 13.2 Å². The molecule has 27 heavy (non-hydrogen) atoms. The Morgan fingerprint density at radius 1 is 1.00 bits per heavy atom. The van der Waals surface area contributed by atoms with Crippen molar-refractivity contribution in [1.82, 2.24) is 0 Å². The van der Waals surface area contributed by atoms with Crippen molar-refractivity contribution in [1.29, 1.82) is 0 Å². The van der Waals surface area contributed by atoms with Crippen LogP contribution in [0.1, 0.15) is 65.2 Å². The van der Waals surface area contributed by atoms with Gasteiger partial charge in [0.05, 0.1) is 11.0 Å². The third-order valence-corrected chi connectivity index (χ3v) is 5.45. The minimum Gasteiger partial charge on any atom is -0.462 e. The van der Waals surface area contributed by atoms with E-state index in [-0.39, 0.29) is 30.0 Å². The maximum atomic E-state index is 12.8. The van der Waals surface area contributed by atoms with Crippen molar-refractivity contribution >= 4 is 40.2 Å². The Morgan fingerprint density at radius 2 is 1.56 bits per heavy atom. The van der Waals surface area contributed by atoms with E-state index in [9.17, 15) is 9.59 Å². The standard InChI is InChI=1S/C21H32INO4/c1-19(2,3)13-21(7,20(4,5)6)18(25)27-11-10-26-17(24)15-12-14(22)8-9-16(15)23/h8-9,12H,10-11,13,23H2,1-7H3. The zero-order valence-electron chi connectivity index (χ0n) is 17.4. The highest BCUT2D eigenvalue weighted by Crippen LogP contribution is 2.47. The Kier molecular flexibility index (Phi) is 7.73. The number of ether oxygens (including phenoxy) is 2. The number of rotatable bonds is 6. The minimum atomic E-state index is -0.644. The van der Waals surface area contributed by atoms with E-state index in [0.717, 1.165) is 3.57 Å². The van der Waals surface area contributed by atoms with Gasteiger partial charge in [0.25, 0.3) is 0 Å². The molecule has 0 aliphatic rings. The van der Waals surface area contributed by atoms with Gasteiger partial charge in [0, 0.05) is 9.26 Å². The van der Waals surface area contributed by atoms with Crippen LogP contribution in [0.2, 0.25) is 0 Å². The van der Waals surface area contributed by atoms with Gasteiger partial charge in [0.15, 0.2) is 0 Å². The molecule has 0 fully saturated rings. The Balaban J connectivity index is 2.67. The monoisotopic (exact) mass is 489 g/mol. The number of hydrogen-bond donors (Lipinski definition) is 1. The van der Waals surface area contributed by atoms with Gasteiger partial charge in [-0.3, -0.25) is 4.79 Å². The third-order valence-electron chi connectivity index (χ3n) is 4.77. The van der Waals surface area contributed by atoms with E-state index in [2.05, 4.69) is 43.4 Å². The molecule has 0 aliphatic carbocycles. The molecule has 5 nitrogen and oxygen atoms in total. The molecule has 0 aliphatic heterocycles. The zero-order chi connectivity index (χ0) is 21.0. The topological polar surface area (TPSA) is 78.6 Å². The van der Waals surface area contributed by atoms with Crippen LogP contribution in [0.25, 0.3) is 0 Å². The number of benzene rings is 1. The minimum absolute atomic E-state index is 0.00870. The summed E-state index contributed by atoms with van der Waals surface area (Å²) in [6, 6.07) is 5.15. The van der Waals surface area contributed by atoms with E-state index in [1.54, 1.807) is 12.1 Å². The summed E-state index contributed by atoms with van der Waals surface area (Å²) >= 11 is 2.10. The van der Waals surface area contributed by atoms with Crippen LogP contribution >= 0.6 is 22.6 Å². The highest BCUT2D eigenvalue weighted by molar-refractivity contribution is 14.1. The van der Waals surface area contributed by atoms with Crippen LogP contribution in [-0.4, -0.2) is 25.2 Å². The molecule has 1 aromatic rings.